The Labute approximate surface area is 147 Å². The van der Waals surface area contributed by atoms with Gasteiger partial charge in [0, 0.05) is 24.7 Å². The highest BCUT2D eigenvalue weighted by molar-refractivity contribution is 7.91. The van der Waals surface area contributed by atoms with Crippen molar-refractivity contribution in [2.75, 3.05) is 18.7 Å². The molecule has 0 fully saturated rings. The summed E-state index contributed by atoms with van der Waals surface area (Å²) in [6.45, 7) is 0.134. The molecule has 2 aromatic rings. The maximum absolute atomic E-state index is 12.0. The summed E-state index contributed by atoms with van der Waals surface area (Å²) >= 11 is 6.68. The highest BCUT2D eigenvalue weighted by Crippen LogP contribution is 2.34. The van der Waals surface area contributed by atoms with Crippen molar-refractivity contribution < 1.29 is 22.7 Å². The van der Waals surface area contributed by atoms with Crippen molar-refractivity contribution in [1.82, 2.24) is 4.72 Å². The lowest BCUT2D eigenvalue weighted by Gasteiger charge is -2.07. The second kappa shape index (κ2) is 6.98. The van der Waals surface area contributed by atoms with Crippen molar-refractivity contribution in [3.63, 3.8) is 0 Å². The summed E-state index contributed by atoms with van der Waals surface area (Å²) in [7, 11) is -3.65. The van der Waals surface area contributed by atoms with Gasteiger partial charge in [0.1, 0.15) is 4.21 Å². The van der Waals surface area contributed by atoms with Crippen molar-refractivity contribution in [1.29, 1.82) is 0 Å². The van der Waals surface area contributed by atoms with E-state index >= 15 is 0 Å². The zero-order valence-corrected chi connectivity index (χ0v) is 14.6. The van der Waals surface area contributed by atoms with Crippen LogP contribution in [0, 0.1) is 0 Å². The number of benzene rings is 1. The SMILES string of the molecule is O=C(CCNS(=O)(=O)c1ccc(Cl)s1)Nc1ccc2c(c1)OCO2. The Morgan fingerprint density at radius 1 is 1.21 bits per heavy atom. The molecule has 1 aromatic carbocycles. The van der Waals surface area contributed by atoms with E-state index in [-0.39, 0.29) is 29.9 Å². The van der Waals surface area contributed by atoms with Gasteiger partial charge in [-0.3, -0.25) is 4.79 Å². The first kappa shape index (κ1) is 17.0. The second-order valence-corrected chi connectivity index (χ2v) is 8.53. The molecule has 24 heavy (non-hydrogen) atoms. The molecule has 0 aliphatic carbocycles. The van der Waals surface area contributed by atoms with Gasteiger partial charge in [0.05, 0.1) is 4.34 Å². The highest BCUT2D eigenvalue weighted by atomic mass is 35.5. The first-order valence-electron chi connectivity index (χ1n) is 6.88. The minimum absolute atomic E-state index is 0.00716. The van der Waals surface area contributed by atoms with Crippen molar-refractivity contribution in [2.45, 2.75) is 10.6 Å². The molecule has 0 saturated heterocycles. The summed E-state index contributed by atoms with van der Waals surface area (Å²) in [5, 5.41) is 2.67. The average molecular weight is 389 g/mol. The quantitative estimate of drug-likeness (QED) is 0.792. The molecule has 1 aliphatic rings. The predicted octanol–water partition coefficient (Wildman–Crippen LogP) is 2.44. The molecule has 0 radical (unpaired) electrons. The maximum atomic E-state index is 12.0. The third kappa shape index (κ3) is 3.99. The summed E-state index contributed by atoms with van der Waals surface area (Å²) in [6, 6.07) is 7.96. The molecule has 1 aromatic heterocycles. The predicted molar refractivity (Wildman–Crippen MR) is 90.3 cm³/mol. The molecule has 1 amide bonds. The van der Waals surface area contributed by atoms with Crippen LogP contribution in [0.5, 0.6) is 11.5 Å². The highest BCUT2D eigenvalue weighted by Gasteiger charge is 2.17. The maximum Gasteiger partial charge on any atom is 0.250 e. The van der Waals surface area contributed by atoms with E-state index in [1.54, 1.807) is 18.2 Å². The first-order chi connectivity index (χ1) is 11.4. The Hall–Kier alpha value is -1.81. The molecular formula is C14H13ClN2O5S2. The fourth-order valence-electron chi connectivity index (χ4n) is 2.01. The van der Waals surface area contributed by atoms with E-state index in [0.717, 1.165) is 11.3 Å². The normalized spacial score (nSPS) is 13.0. The molecular weight excluding hydrogens is 376 g/mol. The van der Waals surface area contributed by atoms with Crippen molar-refractivity contribution >= 4 is 44.6 Å². The molecule has 128 valence electrons. The van der Waals surface area contributed by atoms with E-state index in [4.69, 9.17) is 21.1 Å². The molecule has 2 N–H and O–H groups in total. The Kier molecular flexibility index (Phi) is 4.95. The van der Waals surface area contributed by atoms with Crippen molar-refractivity contribution in [2.24, 2.45) is 0 Å². The lowest BCUT2D eigenvalue weighted by atomic mass is 10.2. The van der Waals surface area contributed by atoms with Gasteiger partial charge in [-0.15, -0.1) is 11.3 Å². The number of halogens is 1. The largest absolute Gasteiger partial charge is 0.454 e. The Morgan fingerprint density at radius 2 is 2.00 bits per heavy atom. The van der Waals surface area contributed by atoms with Crippen LogP contribution in [0.2, 0.25) is 4.34 Å². The number of nitrogens with one attached hydrogen (secondary N) is 2. The van der Waals surface area contributed by atoms with Gasteiger partial charge in [-0.05, 0) is 24.3 Å². The summed E-state index contributed by atoms with van der Waals surface area (Å²) in [5.74, 6) is 0.860. The van der Waals surface area contributed by atoms with Gasteiger partial charge in [-0.2, -0.15) is 0 Å². The van der Waals surface area contributed by atoms with E-state index in [1.807, 2.05) is 0 Å². The summed E-state index contributed by atoms with van der Waals surface area (Å²) in [5.41, 5.74) is 0.553. The zero-order valence-electron chi connectivity index (χ0n) is 12.2. The van der Waals surface area contributed by atoms with E-state index in [0.29, 0.717) is 21.5 Å². The van der Waals surface area contributed by atoms with Crippen molar-refractivity contribution in [3.05, 3.63) is 34.7 Å². The summed E-state index contributed by atoms with van der Waals surface area (Å²) in [4.78, 5) is 11.9. The topological polar surface area (TPSA) is 93.7 Å². The molecule has 3 rings (SSSR count). The van der Waals surface area contributed by atoms with Gasteiger partial charge in [-0.1, -0.05) is 11.6 Å². The Bertz CT molecular complexity index is 866. The monoisotopic (exact) mass is 388 g/mol. The molecule has 0 saturated carbocycles. The van der Waals surface area contributed by atoms with Crippen LogP contribution in [-0.2, 0) is 14.8 Å². The number of rotatable bonds is 6. The number of hydrogen-bond acceptors (Lipinski definition) is 6. The molecule has 0 bridgehead atoms. The fourth-order valence-corrected chi connectivity index (χ4v) is 4.57. The van der Waals surface area contributed by atoms with Crippen LogP contribution in [0.3, 0.4) is 0 Å². The van der Waals surface area contributed by atoms with Crippen LogP contribution in [0.1, 0.15) is 6.42 Å². The molecule has 7 nitrogen and oxygen atoms in total. The number of amides is 1. The third-order valence-electron chi connectivity index (χ3n) is 3.11. The van der Waals surface area contributed by atoms with Gasteiger partial charge in [0.2, 0.25) is 22.7 Å². The smallest absolute Gasteiger partial charge is 0.250 e. The fraction of sp³-hybridized carbons (Fsp3) is 0.214. The minimum Gasteiger partial charge on any atom is -0.454 e. The van der Waals surface area contributed by atoms with Gasteiger partial charge in [0.25, 0.3) is 0 Å². The minimum atomic E-state index is -3.65. The van der Waals surface area contributed by atoms with Crippen LogP contribution in [0.4, 0.5) is 5.69 Å². The van der Waals surface area contributed by atoms with Crippen molar-refractivity contribution in [3.8, 4) is 11.5 Å². The van der Waals surface area contributed by atoms with Crippen LogP contribution in [-0.4, -0.2) is 27.7 Å². The van der Waals surface area contributed by atoms with E-state index in [1.165, 1.54) is 12.1 Å². The average Bonchev–Trinajstić information content (AvgIpc) is 3.15. The molecule has 0 spiro atoms. The first-order valence-corrected chi connectivity index (χ1v) is 9.56. The molecule has 10 heteroatoms. The molecule has 1 aliphatic heterocycles. The number of fused-ring (bicyclic) bond motifs is 1. The van der Waals surface area contributed by atoms with Crippen LogP contribution < -0.4 is 19.5 Å². The van der Waals surface area contributed by atoms with E-state index in [9.17, 15) is 13.2 Å². The van der Waals surface area contributed by atoms with Gasteiger partial charge in [0.15, 0.2) is 11.5 Å². The number of ether oxygens (including phenoxy) is 2. The van der Waals surface area contributed by atoms with E-state index < -0.39 is 10.0 Å². The van der Waals surface area contributed by atoms with Crippen LogP contribution in [0.15, 0.2) is 34.5 Å². The molecule has 0 atom stereocenters. The number of thiophene rings is 1. The third-order valence-corrected chi connectivity index (χ3v) is 6.30. The van der Waals surface area contributed by atoms with Gasteiger partial charge in [-0.25, -0.2) is 13.1 Å². The number of sulfonamides is 1. The summed E-state index contributed by atoms with van der Waals surface area (Å²) < 4.78 is 37.3. The zero-order chi connectivity index (χ0) is 17.2. The number of anilines is 1. The number of carbonyl (C=O) groups is 1. The number of carbonyl (C=O) groups excluding carboxylic acids is 1. The van der Waals surface area contributed by atoms with E-state index in [2.05, 4.69) is 10.0 Å². The van der Waals surface area contributed by atoms with Gasteiger partial charge >= 0.3 is 0 Å². The lowest BCUT2D eigenvalue weighted by Crippen LogP contribution is -2.27. The Morgan fingerprint density at radius 3 is 2.75 bits per heavy atom. The second-order valence-electron chi connectivity index (χ2n) is 4.82. The lowest BCUT2D eigenvalue weighted by molar-refractivity contribution is -0.116. The molecule has 0 unspecified atom stereocenters. The Balaban J connectivity index is 1.51. The molecule has 2 heterocycles. The standard InChI is InChI=1S/C14H13ClN2O5S2/c15-12-3-4-14(23-12)24(19,20)16-6-5-13(18)17-9-1-2-10-11(7-9)22-8-21-10/h1-4,7,16H,5-6,8H2,(H,17,18). The van der Waals surface area contributed by atoms with Crippen LogP contribution >= 0.6 is 22.9 Å². The van der Waals surface area contributed by atoms with Gasteiger partial charge < -0.3 is 14.8 Å². The summed E-state index contributed by atoms with van der Waals surface area (Å²) in [6.07, 6.45) is -0.00716. The number of hydrogen-bond donors (Lipinski definition) is 2. The van der Waals surface area contributed by atoms with Crippen LogP contribution in [0.25, 0.3) is 0 Å².